The molecule has 0 fully saturated rings. The topological polar surface area (TPSA) is 32.3 Å². The van der Waals surface area contributed by atoms with Crippen LogP contribution >= 0.6 is 0 Å². The molecule has 0 radical (unpaired) electrons. The first kappa shape index (κ1) is 14.0. The average molecular weight is 235 g/mol. The van der Waals surface area contributed by atoms with Gasteiger partial charge >= 0.3 is 0 Å². The molecule has 0 aliphatic heterocycles. The number of phenols is 1. The zero-order chi connectivity index (χ0) is 12.8. The first-order chi connectivity index (χ1) is 7.99. The summed E-state index contributed by atoms with van der Waals surface area (Å²) < 4.78 is 0. The highest BCUT2D eigenvalue weighted by Gasteiger charge is 2.05. The molecular formula is C15H25NO. The molecule has 0 saturated heterocycles. The lowest BCUT2D eigenvalue weighted by molar-refractivity contribution is 0.436. The third kappa shape index (κ3) is 5.22. The van der Waals surface area contributed by atoms with Gasteiger partial charge in [0.25, 0.3) is 0 Å². The van der Waals surface area contributed by atoms with E-state index in [0.29, 0.717) is 11.8 Å². The van der Waals surface area contributed by atoms with Crippen molar-refractivity contribution in [1.29, 1.82) is 0 Å². The number of nitrogens with one attached hydrogen (secondary N) is 1. The van der Waals surface area contributed by atoms with Gasteiger partial charge in [0.1, 0.15) is 5.75 Å². The average Bonchev–Trinajstić information content (AvgIpc) is 2.27. The van der Waals surface area contributed by atoms with Crippen LogP contribution < -0.4 is 5.32 Å². The predicted molar refractivity (Wildman–Crippen MR) is 73.2 cm³/mol. The number of aryl methyl sites for hydroxylation is 1. The standard InChI is InChI=1S/C15H25NO/c1-11(2)5-7-13(4)16-10-14-9-12(3)6-8-15(14)17/h6,8-9,11,13,16-17H,5,7,10H2,1-4H3. The lowest BCUT2D eigenvalue weighted by Gasteiger charge is -2.15. The van der Waals surface area contributed by atoms with Crippen LogP contribution in [0.1, 0.15) is 44.7 Å². The normalized spacial score (nSPS) is 13.0. The number of hydrogen-bond acceptors (Lipinski definition) is 2. The second kappa shape index (κ2) is 6.65. The van der Waals surface area contributed by atoms with Gasteiger partial charge in [0.05, 0.1) is 0 Å². The molecular weight excluding hydrogens is 210 g/mol. The van der Waals surface area contributed by atoms with E-state index in [1.54, 1.807) is 6.07 Å². The highest BCUT2D eigenvalue weighted by molar-refractivity contribution is 5.35. The van der Waals surface area contributed by atoms with E-state index < -0.39 is 0 Å². The summed E-state index contributed by atoms with van der Waals surface area (Å²) >= 11 is 0. The van der Waals surface area contributed by atoms with Crippen LogP contribution in [-0.4, -0.2) is 11.1 Å². The van der Waals surface area contributed by atoms with Crippen molar-refractivity contribution in [2.75, 3.05) is 0 Å². The van der Waals surface area contributed by atoms with Crippen LogP contribution in [0.15, 0.2) is 18.2 Å². The number of benzene rings is 1. The Balaban J connectivity index is 2.41. The molecule has 1 aromatic rings. The summed E-state index contributed by atoms with van der Waals surface area (Å²) in [5, 5.41) is 13.2. The first-order valence-electron chi connectivity index (χ1n) is 6.51. The van der Waals surface area contributed by atoms with E-state index in [-0.39, 0.29) is 0 Å². The van der Waals surface area contributed by atoms with Gasteiger partial charge in [-0.15, -0.1) is 0 Å². The van der Waals surface area contributed by atoms with Crippen molar-refractivity contribution in [3.05, 3.63) is 29.3 Å². The largest absolute Gasteiger partial charge is 0.508 e. The Morgan fingerprint density at radius 2 is 1.88 bits per heavy atom. The van der Waals surface area contributed by atoms with Gasteiger partial charge in [-0.1, -0.05) is 31.5 Å². The summed E-state index contributed by atoms with van der Waals surface area (Å²) in [6, 6.07) is 6.24. The fraction of sp³-hybridized carbons (Fsp3) is 0.600. The third-order valence-electron chi connectivity index (χ3n) is 3.05. The lowest BCUT2D eigenvalue weighted by Crippen LogP contribution is -2.25. The van der Waals surface area contributed by atoms with Gasteiger partial charge in [0, 0.05) is 18.2 Å². The summed E-state index contributed by atoms with van der Waals surface area (Å²) in [7, 11) is 0. The van der Waals surface area contributed by atoms with Crippen LogP contribution in [0, 0.1) is 12.8 Å². The van der Waals surface area contributed by atoms with Crippen LogP contribution in [0.5, 0.6) is 5.75 Å². The van der Waals surface area contributed by atoms with Crippen molar-refractivity contribution in [3.8, 4) is 5.75 Å². The molecule has 1 unspecified atom stereocenters. The van der Waals surface area contributed by atoms with E-state index >= 15 is 0 Å². The van der Waals surface area contributed by atoms with Crippen LogP contribution in [-0.2, 0) is 6.54 Å². The van der Waals surface area contributed by atoms with E-state index in [0.717, 1.165) is 18.0 Å². The van der Waals surface area contributed by atoms with E-state index in [9.17, 15) is 5.11 Å². The van der Waals surface area contributed by atoms with E-state index in [4.69, 9.17) is 0 Å². The minimum absolute atomic E-state index is 0.388. The summed E-state index contributed by atoms with van der Waals surface area (Å²) in [5.74, 6) is 1.14. The summed E-state index contributed by atoms with van der Waals surface area (Å²) in [6.45, 7) is 9.49. The Bertz CT molecular complexity index is 347. The number of hydrogen-bond donors (Lipinski definition) is 2. The van der Waals surface area contributed by atoms with Gasteiger partial charge in [-0.25, -0.2) is 0 Å². The molecule has 2 N–H and O–H groups in total. The van der Waals surface area contributed by atoms with Crippen LogP contribution in [0.2, 0.25) is 0 Å². The molecule has 0 bridgehead atoms. The van der Waals surface area contributed by atoms with Crippen molar-refractivity contribution in [1.82, 2.24) is 5.32 Å². The monoisotopic (exact) mass is 235 g/mol. The molecule has 0 amide bonds. The van der Waals surface area contributed by atoms with Crippen LogP contribution in [0.4, 0.5) is 0 Å². The van der Waals surface area contributed by atoms with Crippen molar-refractivity contribution < 1.29 is 5.11 Å². The van der Waals surface area contributed by atoms with Gasteiger partial charge in [-0.2, -0.15) is 0 Å². The molecule has 0 saturated carbocycles. The lowest BCUT2D eigenvalue weighted by atomic mass is 10.0. The molecule has 0 spiro atoms. The second-order valence-electron chi connectivity index (χ2n) is 5.39. The zero-order valence-corrected chi connectivity index (χ0v) is 11.5. The summed E-state index contributed by atoms with van der Waals surface area (Å²) in [5.41, 5.74) is 2.18. The van der Waals surface area contributed by atoms with Gasteiger partial charge < -0.3 is 10.4 Å². The van der Waals surface area contributed by atoms with Gasteiger partial charge in [-0.05, 0) is 38.7 Å². The van der Waals surface area contributed by atoms with Crippen molar-refractivity contribution >= 4 is 0 Å². The maximum Gasteiger partial charge on any atom is 0.120 e. The van der Waals surface area contributed by atoms with Crippen molar-refractivity contribution in [2.24, 2.45) is 5.92 Å². The summed E-state index contributed by atoms with van der Waals surface area (Å²) in [6.07, 6.45) is 2.43. The molecule has 1 rings (SSSR count). The zero-order valence-electron chi connectivity index (χ0n) is 11.5. The Kier molecular flexibility index (Phi) is 5.49. The van der Waals surface area contributed by atoms with Gasteiger partial charge in [0.15, 0.2) is 0 Å². The first-order valence-corrected chi connectivity index (χ1v) is 6.51. The molecule has 17 heavy (non-hydrogen) atoms. The highest BCUT2D eigenvalue weighted by Crippen LogP contribution is 2.18. The van der Waals surface area contributed by atoms with Crippen molar-refractivity contribution in [3.63, 3.8) is 0 Å². The number of aromatic hydroxyl groups is 1. The van der Waals surface area contributed by atoms with E-state index in [1.165, 1.54) is 18.4 Å². The van der Waals surface area contributed by atoms with E-state index in [2.05, 4.69) is 26.1 Å². The molecule has 0 aliphatic rings. The highest BCUT2D eigenvalue weighted by atomic mass is 16.3. The van der Waals surface area contributed by atoms with Crippen LogP contribution in [0.3, 0.4) is 0 Å². The maximum absolute atomic E-state index is 9.73. The molecule has 1 aromatic carbocycles. The molecule has 96 valence electrons. The second-order valence-corrected chi connectivity index (χ2v) is 5.39. The Hall–Kier alpha value is -1.02. The maximum atomic E-state index is 9.73. The third-order valence-corrected chi connectivity index (χ3v) is 3.05. The van der Waals surface area contributed by atoms with E-state index in [1.807, 2.05) is 19.1 Å². The molecule has 1 atom stereocenters. The smallest absolute Gasteiger partial charge is 0.120 e. The number of phenolic OH excluding ortho intramolecular Hbond substituents is 1. The Morgan fingerprint density at radius 1 is 1.18 bits per heavy atom. The SMILES string of the molecule is Cc1ccc(O)c(CNC(C)CCC(C)C)c1. The summed E-state index contributed by atoms with van der Waals surface area (Å²) in [4.78, 5) is 0. The molecule has 0 aliphatic carbocycles. The number of rotatable bonds is 6. The van der Waals surface area contributed by atoms with Gasteiger partial charge in [0.2, 0.25) is 0 Å². The fourth-order valence-corrected chi connectivity index (χ4v) is 1.83. The minimum Gasteiger partial charge on any atom is -0.508 e. The molecule has 2 heteroatoms. The molecule has 0 heterocycles. The fourth-order valence-electron chi connectivity index (χ4n) is 1.83. The van der Waals surface area contributed by atoms with Gasteiger partial charge in [-0.3, -0.25) is 0 Å². The Morgan fingerprint density at radius 3 is 2.53 bits per heavy atom. The Labute approximate surface area is 105 Å². The molecule has 2 nitrogen and oxygen atoms in total. The minimum atomic E-state index is 0.388. The quantitative estimate of drug-likeness (QED) is 0.789. The van der Waals surface area contributed by atoms with Crippen molar-refractivity contribution in [2.45, 2.75) is 53.1 Å². The molecule has 0 aromatic heterocycles. The van der Waals surface area contributed by atoms with Crippen LogP contribution in [0.25, 0.3) is 0 Å². The predicted octanol–water partition coefficient (Wildman–Crippen LogP) is 3.61.